The Bertz CT molecular complexity index is 577. The third-order valence-corrected chi connectivity index (χ3v) is 3.06. The van der Waals surface area contributed by atoms with Crippen molar-refractivity contribution in [3.63, 3.8) is 0 Å². The first-order valence-electron chi connectivity index (χ1n) is 6.80. The summed E-state index contributed by atoms with van der Waals surface area (Å²) in [5.74, 6) is 0.494. The molecule has 2 aromatic rings. The van der Waals surface area contributed by atoms with E-state index in [-0.39, 0.29) is 0 Å². The van der Waals surface area contributed by atoms with Gasteiger partial charge >= 0.3 is 6.01 Å². The Morgan fingerprint density at radius 2 is 1.86 bits per heavy atom. The Morgan fingerprint density at radius 1 is 1.10 bits per heavy atom. The molecule has 0 atom stereocenters. The highest BCUT2D eigenvalue weighted by molar-refractivity contribution is 7.99. The maximum absolute atomic E-state index is 5.48. The van der Waals surface area contributed by atoms with Crippen LogP contribution < -0.4 is 10.1 Å². The maximum Gasteiger partial charge on any atom is 0.322 e. The van der Waals surface area contributed by atoms with E-state index in [2.05, 4.69) is 30.2 Å². The summed E-state index contributed by atoms with van der Waals surface area (Å²) >= 11 is 1.28. The predicted molar refractivity (Wildman–Crippen MR) is 80.7 cm³/mol. The van der Waals surface area contributed by atoms with Crippen molar-refractivity contribution in [2.75, 3.05) is 18.5 Å². The van der Waals surface area contributed by atoms with Gasteiger partial charge in [0.15, 0.2) is 5.16 Å². The van der Waals surface area contributed by atoms with Crippen molar-refractivity contribution in [2.45, 2.75) is 37.5 Å². The van der Waals surface area contributed by atoms with Crippen LogP contribution >= 0.6 is 11.8 Å². The van der Waals surface area contributed by atoms with Gasteiger partial charge in [-0.1, -0.05) is 6.92 Å². The van der Waals surface area contributed by atoms with Crippen molar-refractivity contribution in [2.24, 2.45) is 0 Å². The van der Waals surface area contributed by atoms with Gasteiger partial charge < -0.3 is 10.1 Å². The molecule has 0 amide bonds. The van der Waals surface area contributed by atoms with Crippen molar-refractivity contribution < 1.29 is 4.74 Å². The van der Waals surface area contributed by atoms with E-state index in [9.17, 15) is 0 Å². The minimum atomic E-state index is 0.317. The molecule has 0 bridgehead atoms. The monoisotopic (exact) mass is 306 g/mol. The fraction of sp³-hybridized carbons (Fsp3) is 0.462. The van der Waals surface area contributed by atoms with Gasteiger partial charge in [0.2, 0.25) is 11.1 Å². The molecule has 0 saturated heterocycles. The Morgan fingerprint density at radius 3 is 2.52 bits per heavy atom. The molecule has 21 heavy (non-hydrogen) atoms. The number of anilines is 1. The highest BCUT2D eigenvalue weighted by atomic mass is 32.2. The normalized spacial score (nSPS) is 10.4. The first-order valence-corrected chi connectivity index (χ1v) is 7.62. The van der Waals surface area contributed by atoms with Crippen LogP contribution in [0.1, 0.15) is 25.8 Å². The highest BCUT2D eigenvalue weighted by Gasteiger charge is 2.10. The summed E-state index contributed by atoms with van der Waals surface area (Å²) < 4.78 is 5.48. The zero-order valence-corrected chi connectivity index (χ0v) is 13.1. The quantitative estimate of drug-likeness (QED) is 0.780. The average Bonchev–Trinajstić information content (AvgIpc) is 2.48. The minimum absolute atomic E-state index is 0.317. The minimum Gasteiger partial charge on any atom is -0.463 e. The Labute approximate surface area is 128 Å². The molecule has 0 aromatic carbocycles. The van der Waals surface area contributed by atoms with E-state index < -0.39 is 0 Å². The van der Waals surface area contributed by atoms with Crippen LogP contribution in [0.2, 0.25) is 0 Å². The van der Waals surface area contributed by atoms with Gasteiger partial charge in [0.1, 0.15) is 0 Å². The van der Waals surface area contributed by atoms with Gasteiger partial charge in [0.25, 0.3) is 0 Å². The van der Waals surface area contributed by atoms with Crippen molar-refractivity contribution in [1.82, 2.24) is 24.9 Å². The van der Waals surface area contributed by atoms with Crippen molar-refractivity contribution in [1.29, 1.82) is 0 Å². The van der Waals surface area contributed by atoms with Crippen LogP contribution in [0, 0.1) is 6.92 Å². The number of aryl methyl sites for hydroxylation is 1. The largest absolute Gasteiger partial charge is 0.463 e. The number of nitrogens with zero attached hydrogens (tertiary/aromatic N) is 5. The number of ether oxygens (including phenoxy) is 1. The second-order valence-corrected chi connectivity index (χ2v) is 5.18. The lowest BCUT2D eigenvalue weighted by Gasteiger charge is -2.07. The SMILES string of the molecule is CCCOc1nc(NCC)nc(Sc2ncc(C)cn2)n1. The topological polar surface area (TPSA) is 85.7 Å². The summed E-state index contributed by atoms with van der Waals surface area (Å²) in [6, 6.07) is 0.317. The predicted octanol–water partition coefficient (Wildman–Crippen LogP) is 2.34. The van der Waals surface area contributed by atoms with Crippen LogP contribution in [0.5, 0.6) is 6.01 Å². The van der Waals surface area contributed by atoms with Gasteiger partial charge in [0.05, 0.1) is 6.61 Å². The Balaban J connectivity index is 2.19. The zero-order chi connectivity index (χ0) is 15.1. The van der Waals surface area contributed by atoms with Crippen molar-refractivity contribution >= 4 is 17.7 Å². The molecule has 7 nitrogen and oxygen atoms in total. The van der Waals surface area contributed by atoms with Gasteiger partial charge in [-0.3, -0.25) is 0 Å². The van der Waals surface area contributed by atoms with E-state index in [0.29, 0.717) is 28.9 Å². The molecule has 0 saturated carbocycles. The molecule has 0 radical (unpaired) electrons. The van der Waals surface area contributed by atoms with Crippen LogP contribution in [0.25, 0.3) is 0 Å². The molecule has 0 spiro atoms. The van der Waals surface area contributed by atoms with E-state index >= 15 is 0 Å². The molecule has 0 aliphatic carbocycles. The third-order valence-electron chi connectivity index (χ3n) is 2.30. The van der Waals surface area contributed by atoms with Gasteiger partial charge in [0, 0.05) is 18.9 Å². The fourth-order valence-electron chi connectivity index (χ4n) is 1.39. The van der Waals surface area contributed by atoms with Crippen LogP contribution in [0.3, 0.4) is 0 Å². The molecule has 0 unspecified atom stereocenters. The second-order valence-electron chi connectivity index (χ2n) is 4.25. The molecular weight excluding hydrogens is 288 g/mol. The first kappa shape index (κ1) is 15.4. The Kier molecular flexibility index (Phi) is 5.68. The lowest BCUT2D eigenvalue weighted by molar-refractivity contribution is 0.288. The smallest absolute Gasteiger partial charge is 0.322 e. The van der Waals surface area contributed by atoms with Crippen molar-refractivity contribution in [3.8, 4) is 6.01 Å². The third kappa shape index (κ3) is 4.82. The molecule has 1 N–H and O–H groups in total. The van der Waals surface area contributed by atoms with Gasteiger partial charge in [-0.15, -0.1) is 0 Å². The van der Waals surface area contributed by atoms with Gasteiger partial charge in [-0.2, -0.15) is 15.0 Å². The van der Waals surface area contributed by atoms with Gasteiger partial charge in [-0.25, -0.2) is 9.97 Å². The van der Waals surface area contributed by atoms with Crippen molar-refractivity contribution in [3.05, 3.63) is 18.0 Å². The summed E-state index contributed by atoms with van der Waals surface area (Å²) in [7, 11) is 0. The zero-order valence-electron chi connectivity index (χ0n) is 12.3. The molecular formula is C13H18N6OS. The first-order chi connectivity index (χ1) is 10.2. The summed E-state index contributed by atoms with van der Waals surface area (Å²) in [5.41, 5.74) is 1.01. The van der Waals surface area contributed by atoms with E-state index in [1.54, 1.807) is 12.4 Å². The highest BCUT2D eigenvalue weighted by Crippen LogP contribution is 2.23. The van der Waals surface area contributed by atoms with Crippen LogP contribution in [-0.2, 0) is 0 Å². The average molecular weight is 306 g/mol. The van der Waals surface area contributed by atoms with Gasteiger partial charge in [-0.05, 0) is 37.6 Å². The molecule has 0 aliphatic heterocycles. The number of hydrogen-bond donors (Lipinski definition) is 1. The lowest BCUT2D eigenvalue weighted by atomic mass is 10.4. The molecule has 2 aromatic heterocycles. The summed E-state index contributed by atoms with van der Waals surface area (Å²) in [6.07, 6.45) is 4.41. The number of aromatic nitrogens is 5. The van der Waals surface area contributed by atoms with Crippen LogP contribution in [-0.4, -0.2) is 38.1 Å². The Hall–Kier alpha value is -1.96. The van der Waals surface area contributed by atoms with Crippen LogP contribution in [0.15, 0.2) is 22.7 Å². The summed E-state index contributed by atoms with van der Waals surface area (Å²) in [6.45, 7) is 7.24. The number of nitrogens with one attached hydrogen (secondary N) is 1. The molecule has 2 rings (SSSR count). The van der Waals surface area contributed by atoms with Crippen LogP contribution in [0.4, 0.5) is 5.95 Å². The molecule has 8 heteroatoms. The fourth-order valence-corrected chi connectivity index (χ4v) is 2.02. The van der Waals surface area contributed by atoms with E-state index in [1.807, 2.05) is 20.8 Å². The molecule has 0 aliphatic rings. The molecule has 0 fully saturated rings. The second kappa shape index (κ2) is 7.72. The number of rotatable bonds is 7. The van der Waals surface area contributed by atoms with E-state index in [1.165, 1.54) is 11.8 Å². The van der Waals surface area contributed by atoms with E-state index in [0.717, 1.165) is 18.5 Å². The molecule has 2 heterocycles. The lowest BCUT2D eigenvalue weighted by Crippen LogP contribution is -2.08. The standard InChI is InChI=1S/C13H18N6OS/c1-4-6-20-11-17-10(14-5-2)18-13(19-11)21-12-15-7-9(3)8-16-12/h7-8H,4-6H2,1-3H3,(H,14,17,18,19). The summed E-state index contributed by atoms with van der Waals surface area (Å²) in [4.78, 5) is 21.3. The maximum atomic E-state index is 5.48. The number of hydrogen-bond acceptors (Lipinski definition) is 8. The summed E-state index contributed by atoms with van der Waals surface area (Å²) in [5, 5.41) is 4.17. The molecule has 112 valence electrons. The van der Waals surface area contributed by atoms with E-state index in [4.69, 9.17) is 4.74 Å².